The smallest absolute Gasteiger partial charge is 0.234 e. The van der Waals surface area contributed by atoms with Crippen molar-refractivity contribution < 1.29 is 24.1 Å². The first-order chi connectivity index (χ1) is 16.5. The van der Waals surface area contributed by atoms with Crippen molar-refractivity contribution in [3.63, 3.8) is 0 Å². The van der Waals surface area contributed by atoms with E-state index in [0.29, 0.717) is 36.8 Å². The number of rotatable bonds is 8. The number of ether oxygens (including phenoxy) is 3. The molecule has 7 nitrogen and oxygen atoms in total. The van der Waals surface area contributed by atoms with E-state index in [1.807, 2.05) is 42.5 Å². The molecule has 1 heterocycles. The molecule has 2 aliphatic rings. The number of nitrogens with one attached hydrogen (secondary N) is 1. The Morgan fingerprint density at radius 3 is 2.41 bits per heavy atom. The molecule has 2 fully saturated rings. The molecule has 0 aromatic heterocycles. The number of fused-ring (bicyclic) bond motifs is 1. The molecule has 7 heteroatoms. The molecule has 1 aliphatic carbocycles. The Bertz CT molecular complexity index is 957. The zero-order valence-corrected chi connectivity index (χ0v) is 20.4. The molecular formula is C27H36N2O5. The van der Waals surface area contributed by atoms with E-state index < -0.39 is 5.60 Å². The quantitative estimate of drug-likeness (QED) is 0.615. The van der Waals surface area contributed by atoms with Gasteiger partial charge in [-0.05, 0) is 42.5 Å². The summed E-state index contributed by atoms with van der Waals surface area (Å²) < 4.78 is 16.7. The molecule has 3 atom stereocenters. The van der Waals surface area contributed by atoms with E-state index in [2.05, 4.69) is 10.2 Å². The number of hydrogen-bond acceptors (Lipinski definition) is 6. The van der Waals surface area contributed by atoms with Gasteiger partial charge in [0.15, 0.2) is 11.5 Å². The van der Waals surface area contributed by atoms with Crippen molar-refractivity contribution in [3.8, 4) is 17.2 Å². The van der Waals surface area contributed by atoms with Crippen molar-refractivity contribution >= 4 is 5.91 Å². The molecule has 1 aliphatic heterocycles. The van der Waals surface area contributed by atoms with Crippen LogP contribution in [0.2, 0.25) is 0 Å². The summed E-state index contributed by atoms with van der Waals surface area (Å²) >= 11 is 0. The highest BCUT2D eigenvalue weighted by molar-refractivity contribution is 5.78. The number of carbonyl (C=O) groups is 1. The molecule has 34 heavy (non-hydrogen) atoms. The summed E-state index contributed by atoms with van der Waals surface area (Å²) in [6.45, 7) is 1.41. The molecule has 2 aromatic carbocycles. The van der Waals surface area contributed by atoms with E-state index in [0.717, 1.165) is 36.8 Å². The number of methoxy groups -OCH3 is 3. The van der Waals surface area contributed by atoms with Crippen LogP contribution in [0.4, 0.5) is 0 Å². The summed E-state index contributed by atoms with van der Waals surface area (Å²) in [5.74, 6) is 1.70. The lowest BCUT2D eigenvalue weighted by Crippen LogP contribution is -2.56. The van der Waals surface area contributed by atoms with Crippen molar-refractivity contribution in [2.24, 2.45) is 5.92 Å². The molecule has 1 amide bonds. The lowest BCUT2D eigenvalue weighted by molar-refractivity contribution is -0.138. The van der Waals surface area contributed by atoms with Gasteiger partial charge in [0, 0.05) is 25.0 Å². The Kier molecular flexibility index (Phi) is 7.63. The Morgan fingerprint density at radius 2 is 1.76 bits per heavy atom. The largest absolute Gasteiger partial charge is 0.493 e. The number of benzene rings is 2. The van der Waals surface area contributed by atoms with Crippen molar-refractivity contribution in [2.75, 3.05) is 34.4 Å². The van der Waals surface area contributed by atoms with Gasteiger partial charge in [-0.2, -0.15) is 0 Å². The van der Waals surface area contributed by atoms with Gasteiger partial charge in [0.05, 0.1) is 33.5 Å². The van der Waals surface area contributed by atoms with Gasteiger partial charge >= 0.3 is 0 Å². The Labute approximate surface area is 202 Å². The maximum Gasteiger partial charge on any atom is 0.234 e. The Morgan fingerprint density at radius 1 is 1.06 bits per heavy atom. The Hall–Kier alpha value is -2.77. The second kappa shape index (κ2) is 10.7. The standard InChI is InChI=1S/C27H36N2O5/c1-32-22-15-20(16-23(33-2)26(22)34-3)25-21-11-7-8-12-27(21,31)13-14-29(25)18-24(30)28-17-19-9-5-4-6-10-19/h4-6,9-10,15-16,21,25,31H,7-8,11-14,17-18H2,1-3H3,(H,28,30). The minimum atomic E-state index is -0.722. The average Bonchev–Trinajstić information content (AvgIpc) is 2.87. The van der Waals surface area contributed by atoms with E-state index in [-0.39, 0.29) is 24.4 Å². The van der Waals surface area contributed by atoms with Crippen LogP contribution in [0.15, 0.2) is 42.5 Å². The van der Waals surface area contributed by atoms with Crippen molar-refractivity contribution in [3.05, 3.63) is 53.6 Å². The maximum absolute atomic E-state index is 13.0. The van der Waals surface area contributed by atoms with Crippen LogP contribution in [0.1, 0.15) is 49.3 Å². The zero-order valence-electron chi connectivity index (χ0n) is 20.4. The number of carbonyl (C=O) groups excluding carboxylic acids is 1. The molecule has 184 valence electrons. The van der Waals surface area contributed by atoms with Crippen molar-refractivity contribution in [2.45, 2.75) is 50.3 Å². The van der Waals surface area contributed by atoms with Crippen molar-refractivity contribution in [1.82, 2.24) is 10.2 Å². The molecule has 2 N–H and O–H groups in total. The summed E-state index contributed by atoms with van der Waals surface area (Å²) in [6.07, 6.45) is 4.49. The lowest BCUT2D eigenvalue weighted by atomic mass is 9.66. The fraction of sp³-hybridized carbons (Fsp3) is 0.519. The number of piperidine rings is 1. The minimum Gasteiger partial charge on any atom is -0.493 e. The number of aliphatic hydroxyl groups is 1. The molecule has 3 unspecified atom stereocenters. The highest BCUT2D eigenvalue weighted by Gasteiger charge is 2.49. The molecule has 1 saturated carbocycles. The fourth-order valence-corrected chi connectivity index (χ4v) is 5.67. The SMILES string of the molecule is COc1cc(C2C3CCCCC3(O)CCN2CC(=O)NCc2ccccc2)cc(OC)c1OC. The van der Waals surface area contributed by atoms with Gasteiger partial charge in [-0.3, -0.25) is 9.69 Å². The predicted octanol–water partition coefficient (Wildman–Crippen LogP) is 3.70. The molecule has 0 radical (unpaired) electrons. The van der Waals surface area contributed by atoms with E-state index in [1.54, 1.807) is 21.3 Å². The summed E-state index contributed by atoms with van der Waals surface area (Å²) in [5, 5.41) is 14.6. The molecule has 0 spiro atoms. The molecule has 0 bridgehead atoms. The van der Waals surface area contributed by atoms with E-state index in [9.17, 15) is 9.90 Å². The van der Waals surface area contributed by atoms with E-state index in [1.165, 1.54) is 0 Å². The second-order valence-corrected chi connectivity index (χ2v) is 9.34. The first-order valence-corrected chi connectivity index (χ1v) is 12.1. The van der Waals surface area contributed by atoms with Crippen molar-refractivity contribution in [1.29, 1.82) is 0 Å². The van der Waals surface area contributed by atoms with Gasteiger partial charge in [0.2, 0.25) is 11.7 Å². The van der Waals surface area contributed by atoms with Crippen LogP contribution in [-0.4, -0.2) is 55.9 Å². The van der Waals surface area contributed by atoms with Gasteiger partial charge in [-0.1, -0.05) is 43.2 Å². The van der Waals surface area contributed by atoms with Gasteiger partial charge < -0.3 is 24.6 Å². The highest BCUT2D eigenvalue weighted by atomic mass is 16.5. The van der Waals surface area contributed by atoms with Crippen LogP contribution in [0.25, 0.3) is 0 Å². The monoisotopic (exact) mass is 468 g/mol. The third-order valence-electron chi connectivity index (χ3n) is 7.38. The van der Waals surface area contributed by atoms with Gasteiger partial charge in [0.25, 0.3) is 0 Å². The van der Waals surface area contributed by atoms with Crippen LogP contribution in [0, 0.1) is 5.92 Å². The van der Waals surface area contributed by atoms with Crippen LogP contribution in [-0.2, 0) is 11.3 Å². The van der Waals surface area contributed by atoms with E-state index in [4.69, 9.17) is 14.2 Å². The number of amides is 1. The second-order valence-electron chi connectivity index (χ2n) is 9.34. The summed E-state index contributed by atoms with van der Waals surface area (Å²) in [7, 11) is 4.80. The van der Waals surface area contributed by atoms with Gasteiger partial charge in [-0.25, -0.2) is 0 Å². The van der Waals surface area contributed by atoms with Crippen LogP contribution >= 0.6 is 0 Å². The molecule has 2 aromatic rings. The average molecular weight is 469 g/mol. The fourth-order valence-electron chi connectivity index (χ4n) is 5.67. The van der Waals surface area contributed by atoms with Crippen LogP contribution in [0.5, 0.6) is 17.2 Å². The van der Waals surface area contributed by atoms with Crippen LogP contribution in [0.3, 0.4) is 0 Å². The van der Waals surface area contributed by atoms with Gasteiger partial charge in [0.1, 0.15) is 0 Å². The third-order valence-corrected chi connectivity index (χ3v) is 7.38. The normalized spacial score (nSPS) is 24.7. The van der Waals surface area contributed by atoms with Gasteiger partial charge in [-0.15, -0.1) is 0 Å². The highest BCUT2D eigenvalue weighted by Crippen LogP contribution is 2.51. The topological polar surface area (TPSA) is 80.3 Å². The van der Waals surface area contributed by atoms with Crippen LogP contribution < -0.4 is 19.5 Å². The Balaban J connectivity index is 1.62. The lowest BCUT2D eigenvalue weighted by Gasteiger charge is -2.52. The maximum atomic E-state index is 13.0. The number of likely N-dealkylation sites (tertiary alicyclic amines) is 1. The number of hydrogen-bond donors (Lipinski definition) is 2. The summed E-state index contributed by atoms with van der Waals surface area (Å²) in [5.41, 5.74) is 1.31. The molecule has 1 saturated heterocycles. The minimum absolute atomic E-state index is 0.0254. The zero-order chi connectivity index (χ0) is 24.1. The first kappa shape index (κ1) is 24.4. The number of nitrogens with zero attached hydrogens (tertiary/aromatic N) is 1. The predicted molar refractivity (Wildman–Crippen MR) is 130 cm³/mol. The molecular weight excluding hydrogens is 432 g/mol. The summed E-state index contributed by atoms with van der Waals surface area (Å²) in [6, 6.07) is 13.7. The first-order valence-electron chi connectivity index (χ1n) is 12.1. The summed E-state index contributed by atoms with van der Waals surface area (Å²) in [4.78, 5) is 15.2. The third kappa shape index (κ3) is 5.00. The molecule has 4 rings (SSSR count). The van der Waals surface area contributed by atoms with E-state index >= 15 is 0 Å².